The molecule has 3 aromatic rings. The number of rotatable bonds is 3. The second kappa shape index (κ2) is 5.65. The highest BCUT2D eigenvalue weighted by Crippen LogP contribution is 2.16. The van der Waals surface area contributed by atoms with Crippen LogP contribution in [0.5, 0.6) is 0 Å². The molecule has 5 nitrogen and oxygen atoms in total. The average molecular weight is 292 g/mol. The molecule has 0 aliphatic heterocycles. The first-order chi connectivity index (χ1) is 10.6. The van der Waals surface area contributed by atoms with Crippen molar-refractivity contribution >= 4 is 28.5 Å². The number of fused-ring (bicyclic) bond motifs is 1. The van der Waals surface area contributed by atoms with Gasteiger partial charge in [0.2, 0.25) is 0 Å². The van der Waals surface area contributed by atoms with Crippen LogP contribution in [0.25, 0.3) is 10.8 Å². The van der Waals surface area contributed by atoms with Gasteiger partial charge in [-0.3, -0.25) is 4.79 Å². The van der Waals surface area contributed by atoms with Gasteiger partial charge in [0.05, 0.1) is 5.56 Å². The van der Waals surface area contributed by atoms with Crippen LogP contribution >= 0.6 is 0 Å². The Labute approximate surface area is 126 Å². The molecule has 0 unspecified atom stereocenters. The van der Waals surface area contributed by atoms with Crippen LogP contribution in [0.4, 0.5) is 5.82 Å². The predicted octanol–water partition coefficient (Wildman–Crippen LogP) is 3.19. The van der Waals surface area contributed by atoms with Gasteiger partial charge in [0.1, 0.15) is 5.82 Å². The van der Waals surface area contributed by atoms with Crippen molar-refractivity contribution < 1.29 is 14.7 Å². The Hall–Kier alpha value is -3.21. The number of aromatic nitrogens is 1. The van der Waals surface area contributed by atoms with Crippen LogP contribution in [0.3, 0.4) is 0 Å². The van der Waals surface area contributed by atoms with Gasteiger partial charge in [-0.15, -0.1) is 0 Å². The second-order valence-corrected chi connectivity index (χ2v) is 4.75. The molecule has 0 radical (unpaired) electrons. The van der Waals surface area contributed by atoms with E-state index in [9.17, 15) is 9.59 Å². The van der Waals surface area contributed by atoms with Crippen molar-refractivity contribution in [3.8, 4) is 0 Å². The summed E-state index contributed by atoms with van der Waals surface area (Å²) in [5.74, 6) is -1.04. The van der Waals surface area contributed by atoms with E-state index < -0.39 is 5.97 Å². The zero-order valence-corrected chi connectivity index (χ0v) is 11.5. The number of pyridine rings is 1. The van der Waals surface area contributed by atoms with Crippen molar-refractivity contribution in [1.29, 1.82) is 0 Å². The summed E-state index contributed by atoms with van der Waals surface area (Å²) in [6, 6.07) is 16.0. The molecule has 0 fully saturated rings. The first kappa shape index (κ1) is 13.8. The summed E-state index contributed by atoms with van der Waals surface area (Å²) in [5, 5.41) is 13.5. The van der Waals surface area contributed by atoms with Gasteiger partial charge in [0.15, 0.2) is 0 Å². The third-order valence-corrected chi connectivity index (χ3v) is 3.26. The summed E-state index contributed by atoms with van der Waals surface area (Å²) in [4.78, 5) is 26.9. The van der Waals surface area contributed by atoms with Crippen LogP contribution < -0.4 is 5.32 Å². The molecule has 0 aliphatic rings. The highest BCUT2D eigenvalue weighted by atomic mass is 16.4. The zero-order valence-electron chi connectivity index (χ0n) is 11.5. The zero-order chi connectivity index (χ0) is 15.5. The molecule has 0 atom stereocenters. The lowest BCUT2D eigenvalue weighted by molar-refractivity contribution is 0.0696. The summed E-state index contributed by atoms with van der Waals surface area (Å²) in [6.07, 6.45) is 1.21. The van der Waals surface area contributed by atoms with Gasteiger partial charge in [0.25, 0.3) is 5.91 Å². The normalized spacial score (nSPS) is 10.4. The number of amides is 1. The van der Waals surface area contributed by atoms with Gasteiger partial charge in [-0.2, -0.15) is 0 Å². The summed E-state index contributed by atoms with van der Waals surface area (Å²) in [6.45, 7) is 0. The van der Waals surface area contributed by atoms with Crippen molar-refractivity contribution in [2.24, 2.45) is 0 Å². The lowest BCUT2D eigenvalue weighted by Gasteiger charge is -2.06. The van der Waals surface area contributed by atoms with E-state index in [0.29, 0.717) is 11.4 Å². The van der Waals surface area contributed by atoms with E-state index in [4.69, 9.17) is 5.11 Å². The molecule has 108 valence electrons. The highest BCUT2D eigenvalue weighted by Gasteiger charge is 2.09. The maximum absolute atomic E-state index is 12.2. The van der Waals surface area contributed by atoms with Gasteiger partial charge in [0, 0.05) is 11.8 Å². The Kier molecular flexibility index (Phi) is 3.53. The van der Waals surface area contributed by atoms with E-state index in [1.165, 1.54) is 18.3 Å². The fraction of sp³-hybridized carbons (Fsp3) is 0. The number of benzene rings is 2. The fourth-order valence-electron chi connectivity index (χ4n) is 2.11. The maximum Gasteiger partial charge on any atom is 0.337 e. The Morgan fingerprint density at radius 2 is 1.64 bits per heavy atom. The Morgan fingerprint density at radius 3 is 2.32 bits per heavy atom. The maximum atomic E-state index is 12.2. The standard InChI is InChI=1S/C17H12N2O3/c20-16(19-15-8-7-14(10-18-15)17(21)22)13-6-5-11-3-1-2-4-12(11)9-13/h1-10H,(H,21,22)(H,18,19,20). The third kappa shape index (κ3) is 2.78. The lowest BCUT2D eigenvalue weighted by Crippen LogP contribution is -2.13. The van der Waals surface area contributed by atoms with Crippen LogP contribution in [-0.2, 0) is 0 Å². The molecular formula is C17H12N2O3. The minimum Gasteiger partial charge on any atom is -0.478 e. The molecule has 2 aromatic carbocycles. The summed E-state index contributed by atoms with van der Waals surface area (Å²) < 4.78 is 0. The number of carboxylic acids is 1. The van der Waals surface area contributed by atoms with Gasteiger partial charge in [-0.05, 0) is 35.0 Å². The molecule has 1 aromatic heterocycles. The topological polar surface area (TPSA) is 79.3 Å². The molecule has 22 heavy (non-hydrogen) atoms. The minimum absolute atomic E-state index is 0.0729. The monoisotopic (exact) mass is 292 g/mol. The SMILES string of the molecule is O=C(O)c1ccc(NC(=O)c2ccc3ccccc3c2)nc1. The lowest BCUT2D eigenvalue weighted by atomic mass is 10.1. The molecule has 0 spiro atoms. The molecule has 0 aliphatic carbocycles. The number of carbonyl (C=O) groups is 2. The number of nitrogens with zero attached hydrogens (tertiary/aromatic N) is 1. The van der Waals surface area contributed by atoms with Gasteiger partial charge < -0.3 is 10.4 Å². The minimum atomic E-state index is -1.06. The second-order valence-electron chi connectivity index (χ2n) is 4.75. The van der Waals surface area contributed by atoms with Crippen LogP contribution in [0.15, 0.2) is 60.8 Å². The van der Waals surface area contributed by atoms with Crippen LogP contribution in [0.1, 0.15) is 20.7 Å². The first-order valence-corrected chi connectivity index (χ1v) is 6.63. The number of aromatic carboxylic acids is 1. The Morgan fingerprint density at radius 1 is 0.909 bits per heavy atom. The summed E-state index contributed by atoms with van der Waals surface area (Å²) in [5.41, 5.74) is 0.589. The number of hydrogen-bond acceptors (Lipinski definition) is 3. The van der Waals surface area contributed by atoms with E-state index in [2.05, 4.69) is 10.3 Å². The highest BCUT2D eigenvalue weighted by molar-refractivity contribution is 6.06. The van der Waals surface area contributed by atoms with Crippen molar-refractivity contribution in [2.75, 3.05) is 5.32 Å². The molecule has 0 bridgehead atoms. The van der Waals surface area contributed by atoms with E-state index in [1.54, 1.807) is 12.1 Å². The molecule has 0 saturated carbocycles. The smallest absolute Gasteiger partial charge is 0.337 e. The predicted molar refractivity (Wildman–Crippen MR) is 83.1 cm³/mol. The average Bonchev–Trinajstić information content (AvgIpc) is 2.55. The summed E-state index contributed by atoms with van der Waals surface area (Å²) in [7, 11) is 0. The number of carbonyl (C=O) groups excluding carboxylic acids is 1. The molecule has 1 amide bonds. The Bertz CT molecular complexity index is 857. The van der Waals surface area contributed by atoms with E-state index >= 15 is 0 Å². The van der Waals surface area contributed by atoms with Crippen molar-refractivity contribution in [1.82, 2.24) is 4.98 Å². The number of carboxylic acid groups (broad SMARTS) is 1. The van der Waals surface area contributed by atoms with E-state index in [0.717, 1.165) is 10.8 Å². The largest absolute Gasteiger partial charge is 0.478 e. The molecule has 5 heteroatoms. The molecule has 0 saturated heterocycles. The van der Waals surface area contributed by atoms with Crippen LogP contribution in [-0.4, -0.2) is 22.0 Å². The molecular weight excluding hydrogens is 280 g/mol. The van der Waals surface area contributed by atoms with Crippen LogP contribution in [0.2, 0.25) is 0 Å². The van der Waals surface area contributed by atoms with E-state index in [1.807, 2.05) is 30.3 Å². The van der Waals surface area contributed by atoms with Gasteiger partial charge >= 0.3 is 5.97 Å². The van der Waals surface area contributed by atoms with E-state index in [-0.39, 0.29) is 11.5 Å². The molecule has 3 rings (SSSR count). The van der Waals surface area contributed by atoms with Crippen LogP contribution in [0, 0.1) is 0 Å². The Balaban J connectivity index is 1.81. The van der Waals surface area contributed by atoms with Gasteiger partial charge in [-0.25, -0.2) is 9.78 Å². The number of anilines is 1. The quantitative estimate of drug-likeness (QED) is 0.777. The van der Waals surface area contributed by atoms with Gasteiger partial charge in [-0.1, -0.05) is 30.3 Å². The van der Waals surface area contributed by atoms with Crippen molar-refractivity contribution in [3.63, 3.8) is 0 Å². The fourth-order valence-corrected chi connectivity index (χ4v) is 2.11. The molecule has 1 heterocycles. The third-order valence-electron chi connectivity index (χ3n) is 3.26. The first-order valence-electron chi connectivity index (χ1n) is 6.63. The number of hydrogen-bond donors (Lipinski definition) is 2. The van der Waals surface area contributed by atoms with Crippen molar-refractivity contribution in [2.45, 2.75) is 0 Å². The van der Waals surface area contributed by atoms with Crippen molar-refractivity contribution in [3.05, 3.63) is 71.9 Å². The number of nitrogens with one attached hydrogen (secondary N) is 1. The summed E-state index contributed by atoms with van der Waals surface area (Å²) >= 11 is 0. The molecule has 2 N–H and O–H groups in total.